The van der Waals surface area contributed by atoms with Gasteiger partial charge in [0.25, 0.3) is 0 Å². The monoisotopic (exact) mass is 490 g/mol. The SMILES string of the molecule is O=C1c2cc(-n3c4ccccc4c4cc5c(cc43)[nH]c3ccccc35)sc2-c2cc3cccccc-3c21. The van der Waals surface area contributed by atoms with Gasteiger partial charge in [0.1, 0.15) is 5.00 Å². The van der Waals surface area contributed by atoms with Crippen LogP contribution < -0.4 is 0 Å². The number of ketones is 1. The molecule has 0 saturated carbocycles. The van der Waals surface area contributed by atoms with Crippen LogP contribution in [0, 0.1) is 0 Å². The molecular formula is C33H18N2OS. The smallest absolute Gasteiger partial charge is 0.195 e. The molecule has 3 heterocycles. The Morgan fingerprint density at radius 2 is 1.41 bits per heavy atom. The molecule has 1 N–H and O–H groups in total. The predicted octanol–water partition coefficient (Wildman–Crippen LogP) is 8.80. The fraction of sp³-hybridized carbons (Fsp3) is 0. The van der Waals surface area contributed by atoms with Crippen molar-refractivity contribution in [2.75, 3.05) is 0 Å². The lowest BCUT2D eigenvalue weighted by Gasteiger charge is -2.05. The molecule has 3 aliphatic carbocycles. The lowest BCUT2D eigenvalue weighted by molar-refractivity contribution is 0.104. The van der Waals surface area contributed by atoms with Crippen LogP contribution in [0.2, 0.25) is 0 Å². The van der Waals surface area contributed by atoms with Gasteiger partial charge in [0.05, 0.1) is 11.0 Å². The van der Waals surface area contributed by atoms with Crippen LogP contribution in [-0.4, -0.2) is 15.3 Å². The molecule has 4 heteroatoms. The van der Waals surface area contributed by atoms with Crippen LogP contribution in [0.5, 0.6) is 0 Å². The van der Waals surface area contributed by atoms with E-state index in [-0.39, 0.29) is 5.78 Å². The number of nitrogens with one attached hydrogen (secondary N) is 1. The maximum absolute atomic E-state index is 13.6. The number of benzene rings is 3. The molecule has 0 saturated heterocycles. The summed E-state index contributed by atoms with van der Waals surface area (Å²) in [5.41, 5.74) is 9.44. The normalized spacial score (nSPS) is 12.9. The molecule has 3 aliphatic rings. The quantitative estimate of drug-likeness (QED) is 0.245. The van der Waals surface area contributed by atoms with Gasteiger partial charge in [0.2, 0.25) is 0 Å². The number of aromatic amines is 1. The molecule has 0 bridgehead atoms. The number of hydrogen-bond donors (Lipinski definition) is 1. The van der Waals surface area contributed by atoms with Crippen molar-refractivity contribution in [3.05, 3.63) is 114 Å². The van der Waals surface area contributed by atoms with Gasteiger partial charge in [-0.25, -0.2) is 0 Å². The van der Waals surface area contributed by atoms with Gasteiger partial charge >= 0.3 is 0 Å². The van der Waals surface area contributed by atoms with Crippen LogP contribution in [0.4, 0.5) is 0 Å². The van der Waals surface area contributed by atoms with E-state index in [1.54, 1.807) is 11.3 Å². The summed E-state index contributed by atoms with van der Waals surface area (Å²) in [6, 6.07) is 36.1. The molecule has 3 aromatic carbocycles. The molecule has 172 valence electrons. The third-order valence-electron chi connectivity index (χ3n) is 7.86. The van der Waals surface area contributed by atoms with Crippen LogP contribution in [0.3, 0.4) is 0 Å². The Morgan fingerprint density at radius 3 is 2.35 bits per heavy atom. The molecule has 9 rings (SSSR count). The maximum Gasteiger partial charge on any atom is 0.195 e. The topological polar surface area (TPSA) is 37.8 Å². The summed E-state index contributed by atoms with van der Waals surface area (Å²) in [7, 11) is 0. The van der Waals surface area contributed by atoms with E-state index in [0.29, 0.717) is 0 Å². The van der Waals surface area contributed by atoms with Gasteiger partial charge in [0.15, 0.2) is 5.78 Å². The highest BCUT2D eigenvalue weighted by molar-refractivity contribution is 7.18. The van der Waals surface area contributed by atoms with Crippen molar-refractivity contribution in [1.82, 2.24) is 9.55 Å². The molecule has 6 aromatic rings. The second kappa shape index (κ2) is 6.75. The van der Waals surface area contributed by atoms with Crippen molar-refractivity contribution in [1.29, 1.82) is 0 Å². The Bertz CT molecular complexity index is 2220. The van der Waals surface area contributed by atoms with Gasteiger partial charge in [-0.05, 0) is 47.5 Å². The highest BCUT2D eigenvalue weighted by Gasteiger charge is 2.34. The zero-order valence-electron chi connectivity index (χ0n) is 19.6. The molecule has 0 spiro atoms. The van der Waals surface area contributed by atoms with Gasteiger partial charge in [0, 0.05) is 54.1 Å². The number of fused-ring (bicyclic) bond motifs is 11. The number of carbonyl (C=O) groups is 1. The highest BCUT2D eigenvalue weighted by Crippen LogP contribution is 2.50. The molecule has 3 aromatic heterocycles. The third-order valence-corrected chi connectivity index (χ3v) is 9.02. The van der Waals surface area contributed by atoms with E-state index >= 15 is 0 Å². The van der Waals surface area contributed by atoms with Crippen LogP contribution >= 0.6 is 11.3 Å². The van der Waals surface area contributed by atoms with Crippen molar-refractivity contribution < 1.29 is 4.79 Å². The summed E-state index contributed by atoms with van der Waals surface area (Å²) in [4.78, 5) is 18.3. The fourth-order valence-electron chi connectivity index (χ4n) is 6.25. The van der Waals surface area contributed by atoms with Crippen LogP contribution in [0.1, 0.15) is 15.9 Å². The average molecular weight is 491 g/mol. The van der Waals surface area contributed by atoms with Crippen LogP contribution in [-0.2, 0) is 0 Å². The summed E-state index contributed by atoms with van der Waals surface area (Å²) < 4.78 is 2.33. The molecule has 0 fully saturated rings. The first kappa shape index (κ1) is 19.5. The zero-order valence-corrected chi connectivity index (χ0v) is 20.4. The summed E-state index contributed by atoms with van der Waals surface area (Å²) >= 11 is 1.71. The number of rotatable bonds is 1. The van der Waals surface area contributed by atoms with E-state index in [2.05, 4.69) is 94.5 Å². The van der Waals surface area contributed by atoms with E-state index in [1.807, 2.05) is 18.2 Å². The van der Waals surface area contributed by atoms with E-state index in [9.17, 15) is 4.79 Å². The first-order chi connectivity index (χ1) is 18.3. The minimum atomic E-state index is 0.132. The molecule has 0 amide bonds. The standard InChI is InChI=1S/C33H18N2OS/c36-32-25-16-30(37-33(25)24-14-18-8-2-1-3-9-19(18)31(24)32)35-28-13-7-5-11-21(28)23-15-22-20-10-4-6-12-26(20)34-27(22)17-29(23)35/h1-17,34H. The Hall–Kier alpha value is -4.67. The minimum Gasteiger partial charge on any atom is -0.354 e. The average Bonchev–Trinajstić information content (AvgIpc) is 3.67. The number of H-pyrrole nitrogens is 1. The number of carbonyl (C=O) groups excluding carboxylic acids is 1. The van der Waals surface area contributed by atoms with E-state index in [0.717, 1.165) is 59.8 Å². The van der Waals surface area contributed by atoms with E-state index in [1.165, 1.54) is 21.5 Å². The zero-order chi connectivity index (χ0) is 24.2. The summed E-state index contributed by atoms with van der Waals surface area (Å²) in [6.45, 7) is 0. The van der Waals surface area contributed by atoms with Crippen LogP contribution in [0.25, 0.3) is 70.2 Å². The summed E-state index contributed by atoms with van der Waals surface area (Å²) in [5.74, 6) is 0.132. The summed E-state index contributed by atoms with van der Waals surface area (Å²) in [6.07, 6.45) is 0. The second-order valence-electron chi connectivity index (χ2n) is 9.81. The van der Waals surface area contributed by atoms with Crippen molar-refractivity contribution in [2.24, 2.45) is 0 Å². The number of para-hydroxylation sites is 2. The third kappa shape index (κ3) is 2.43. The number of thiophene rings is 1. The Kier molecular flexibility index (Phi) is 3.56. The van der Waals surface area contributed by atoms with Gasteiger partial charge < -0.3 is 9.55 Å². The molecule has 0 unspecified atom stereocenters. The summed E-state index contributed by atoms with van der Waals surface area (Å²) in [5, 5.41) is 5.98. The predicted molar refractivity (Wildman–Crippen MR) is 154 cm³/mol. The van der Waals surface area contributed by atoms with E-state index in [4.69, 9.17) is 0 Å². The first-order valence-electron chi connectivity index (χ1n) is 12.4. The van der Waals surface area contributed by atoms with Gasteiger partial charge in [-0.15, -0.1) is 11.3 Å². The lowest BCUT2D eigenvalue weighted by Crippen LogP contribution is -1.96. The van der Waals surface area contributed by atoms with Crippen LogP contribution in [0.15, 0.2) is 103 Å². The molecule has 0 aliphatic heterocycles. The largest absolute Gasteiger partial charge is 0.354 e. The molecular weight excluding hydrogens is 472 g/mol. The Balaban J connectivity index is 1.35. The van der Waals surface area contributed by atoms with Crippen molar-refractivity contribution >= 4 is 60.7 Å². The fourth-order valence-corrected chi connectivity index (χ4v) is 7.46. The molecule has 3 nitrogen and oxygen atoms in total. The maximum atomic E-state index is 13.6. The highest BCUT2D eigenvalue weighted by atomic mass is 32.1. The van der Waals surface area contributed by atoms with E-state index < -0.39 is 0 Å². The molecule has 0 atom stereocenters. The Morgan fingerprint density at radius 1 is 0.595 bits per heavy atom. The molecule has 0 radical (unpaired) electrons. The number of nitrogens with zero attached hydrogens (tertiary/aromatic N) is 1. The lowest BCUT2D eigenvalue weighted by atomic mass is 10.1. The van der Waals surface area contributed by atoms with Crippen molar-refractivity contribution in [3.63, 3.8) is 0 Å². The first-order valence-corrected chi connectivity index (χ1v) is 13.2. The molecule has 37 heavy (non-hydrogen) atoms. The number of hydrogen-bond acceptors (Lipinski definition) is 2. The van der Waals surface area contributed by atoms with Crippen molar-refractivity contribution in [2.45, 2.75) is 0 Å². The van der Waals surface area contributed by atoms with Crippen molar-refractivity contribution in [3.8, 4) is 26.6 Å². The van der Waals surface area contributed by atoms with Gasteiger partial charge in [-0.2, -0.15) is 0 Å². The Labute approximate surface area is 215 Å². The number of aromatic nitrogens is 2. The minimum absolute atomic E-state index is 0.132. The second-order valence-corrected chi connectivity index (χ2v) is 10.8. The van der Waals surface area contributed by atoms with Gasteiger partial charge in [-0.3, -0.25) is 4.79 Å². The van der Waals surface area contributed by atoms with Gasteiger partial charge in [-0.1, -0.05) is 66.7 Å².